The second kappa shape index (κ2) is 9.08. The van der Waals surface area contributed by atoms with Gasteiger partial charge in [-0.15, -0.1) is 15.3 Å². The van der Waals surface area contributed by atoms with E-state index in [1.807, 2.05) is 34.6 Å². The second-order valence-electron chi connectivity index (χ2n) is 7.71. The lowest BCUT2D eigenvalue weighted by molar-refractivity contribution is -0.125. The molecule has 0 saturated heterocycles. The molecule has 0 aliphatic rings. The maximum atomic E-state index is 12.3. The first-order valence-electron chi connectivity index (χ1n) is 9.06. The zero-order valence-corrected chi connectivity index (χ0v) is 19.0. The first kappa shape index (κ1) is 22.4. The Labute approximate surface area is 173 Å². The number of hydrogen-bond acceptors (Lipinski definition) is 8. The maximum Gasteiger partial charge on any atom is 0.408 e. The van der Waals surface area contributed by atoms with E-state index in [0.717, 1.165) is 10.8 Å². The van der Waals surface area contributed by atoms with E-state index in [1.54, 1.807) is 23.5 Å². The van der Waals surface area contributed by atoms with E-state index in [-0.39, 0.29) is 11.8 Å². The molecule has 28 heavy (non-hydrogen) atoms. The van der Waals surface area contributed by atoms with Crippen LogP contribution in [0, 0.1) is 5.92 Å². The van der Waals surface area contributed by atoms with E-state index in [2.05, 4.69) is 20.6 Å². The third kappa shape index (κ3) is 5.81. The van der Waals surface area contributed by atoms with Crippen LogP contribution < -0.4 is 5.32 Å². The highest BCUT2D eigenvalue weighted by Crippen LogP contribution is 2.29. The molecule has 2 aromatic heterocycles. The van der Waals surface area contributed by atoms with E-state index in [1.165, 1.54) is 23.1 Å². The molecule has 2 unspecified atom stereocenters. The van der Waals surface area contributed by atoms with Gasteiger partial charge in [-0.05, 0) is 26.7 Å². The lowest BCUT2D eigenvalue weighted by atomic mass is 9.99. The van der Waals surface area contributed by atoms with Crippen LogP contribution in [0.3, 0.4) is 0 Å². The van der Waals surface area contributed by atoms with Crippen LogP contribution >= 0.6 is 23.1 Å². The highest BCUT2D eigenvalue weighted by Gasteiger charge is 2.29. The summed E-state index contributed by atoms with van der Waals surface area (Å²) in [6.45, 7) is 9.53. The first-order valence-corrected chi connectivity index (χ1v) is 10.9. The molecule has 0 aliphatic heterocycles. The SMILES string of the molecule is CCC(C)C(NC(=O)OC(C)(C)C)c1nnc2sc(SCC(=O)N(C)C)nn12. The minimum atomic E-state index is -0.590. The number of rotatable bonds is 7. The van der Waals surface area contributed by atoms with Crippen LogP contribution in [0.1, 0.15) is 52.9 Å². The molecule has 2 heterocycles. The summed E-state index contributed by atoms with van der Waals surface area (Å²) in [6.07, 6.45) is 0.328. The Morgan fingerprint density at radius 3 is 2.57 bits per heavy atom. The molecule has 2 atom stereocenters. The molecule has 1 N–H and O–H groups in total. The molecule has 0 aromatic carbocycles. The molecular formula is C17H28N6O3S2. The Morgan fingerprint density at radius 2 is 2.00 bits per heavy atom. The van der Waals surface area contributed by atoms with Crippen molar-refractivity contribution in [2.45, 2.75) is 57.0 Å². The average Bonchev–Trinajstić information content (AvgIpc) is 3.15. The monoisotopic (exact) mass is 428 g/mol. The van der Waals surface area contributed by atoms with Crippen LogP contribution in [-0.4, -0.2) is 62.2 Å². The van der Waals surface area contributed by atoms with Gasteiger partial charge in [-0.3, -0.25) is 4.79 Å². The Morgan fingerprint density at radius 1 is 1.32 bits per heavy atom. The van der Waals surface area contributed by atoms with Gasteiger partial charge in [0.1, 0.15) is 5.60 Å². The third-order valence-electron chi connectivity index (χ3n) is 3.98. The Balaban J connectivity index is 2.23. The number of carbonyl (C=O) groups is 2. The molecule has 0 spiro atoms. The van der Waals surface area contributed by atoms with Gasteiger partial charge in [-0.2, -0.15) is 4.52 Å². The van der Waals surface area contributed by atoms with Crippen LogP contribution in [0.15, 0.2) is 4.34 Å². The van der Waals surface area contributed by atoms with Crippen molar-refractivity contribution in [2.75, 3.05) is 19.8 Å². The summed E-state index contributed by atoms with van der Waals surface area (Å²) in [6, 6.07) is -0.391. The van der Waals surface area contributed by atoms with Crippen molar-refractivity contribution in [3.63, 3.8) is 0 Å². The van der Waals surface area contributed by atoms with Gasteiger partial charge in [-0.25, -0.2) is 4.79 Å². The van der Waals surface area contributed by atoms with Gasteiger partial charge in [0.05, 0.1) is 11.8 Å². The second-order valence-corrected chi connectivity index (χ2v) is 9.89. The summed E-state index contributed by atoms with van der Waals surface area (Å²) >= 11 is 2.72. The minimum absolute atomic E-state index is 0.0141. The molecule has 0 fully saturated rings. The van der Waals surface area contributed by atoms with E-state index < -0.39 is 17.7 Å². The number of nitrogens with zero attached hydrogens (tertiary/aromatic N) is 5. The van der Waals surface area contributed by atoms with Crippen LogP contribution in [0.5, 0.6) is 0 Å². The standard InChI is InChI=1S/C17H28N6O3S2/c1-8-10(2)12(18-15(25)26-17(3,4)5)13-19-20-14-23(13)21-16(28-14)27-9-11(24)22(6)7/h10,12H,8-9H2,1-7H3,(H,18,25). The molecule has 2 aromatic rings. The minimum Gasteiger partial charge on any atom is -0.444 e. The van der Waals surface area contributed by atoms with Gasteiger partial charge in [0.25, 0.3) is 0 Å². The summed E-state index contributed by atoms with van der Waals surface area (Å²) in [4.78, 5) is 26.3. The molecule has 0 aliphatic carbocycles. The van der Waals surface area contributed by atoms with Crippen LogP contribution in [0.25, 0.3) is 4.96 Å². The summed E-state index contributed by atoms with van der Waals surface area (Å²) in [7, 11) is 3.44. The topological polar surface area (TPSA) is 102 Å². The predicted molar refractivity (Wildman–Crippen MR) is 110 cm³/mol. The fourth-order valence-electron chi connectivity index (χ4n) is 2.25. The van der Waals surface area contributed by atoms with Crippen LogP contribution in [-0.2, 0) is 9.53 Å². The molecule has 9 nitrogen and oxygen atoms in total. The fraction of sp³-hybridized carbons (Fsp3) is 0.706. The lowest BCUT2D eigenvalue weighted by Crippen LogP contribution is -2.38. The van der Waals surface area contributed by atoms with Gasteiger partial charge in [-0.1, -0.05) is 43.4 Å². The number of ether oxygens (including phenoxy) is 1. The quantitative estimate of drug-likeness (QED) is 0.676. The molecule has 0 saturated carbocycles. The number of amides is 2. The van der Waals surface area contributed by atoms with E-state index in [4.69, 9.17) is 4.74 Å². The van der Waals surface area contributed by atoms with E-state index >= 15 is 0 Å². The number of hydrogen-bond donors (Lipinski definition) is 1. The van der Waals surface area contributed by atoms with Crippen molar-refractivity contribution in [1.82, 2.24) is 30.0 Å². The van der Waals surface area contributed by atoms with Gasteiger partial charge in [0.15, 0.2) is 10.2 Å². The number of nitrogens with one attached hydrogen (secondary N) is 1. The summed E-state index contributed by atoms with van der Waals surface area (Å²) in [5.74, 6) is 0.975. The fourth-order valence-corrected chi connectivity index (χ4v) is 4.11. The highest BCUT2D eigenvalue weighted by molar-refractivity contribution is 8.01. The van der Waals surface area contributed by atoms with E-state index in [9.17, 15) is 9.59 Å². The number of thioether (sulfide) groups is 1. The van der Waals surface area contributed by atoms with Crippen molar-refractivity contribution in [1.29, 1.82) is 0 Å². The largest absolute Gasteiger partial charge is 0.444 e. The lowest BCUT2D eigenvalue weighted by Gasteiger charge is -2.25. The highest BCUT2D eigenvalue weighted by atomic mass is 32.2. The smallest absolute Gasteiger partial charge is 0.408 e. The molecule has 0 bridgehead atoms. The number of carbonyl (C=O) groups excluding carboxylic acids is 2. The van der Waals surface area contributed by atoms with Gasteiger partial charge >= 0.3 is 6.09 Å². The summed E-state index contributed by atoms with van der Waals surface area (Å²) < 4.78 is 7.76. The van der Waals surface area contributed by atoms with Gasteiger partial charge in [0, 0.05) is 14.1 Å². The Bertz CT molecular complexity index is 827. The zero-order valence-electron chi connectivity index (χ0n) is 17.3. The summed E-state index contributed by atoms with van der Waals surface area (Å²) in [5.41, 5.74) is -0.590. The molecule has 2 amide bonds. The van der Waals surface area contributed by atoms with Crippen LogP contribution in [0.4, 0.5) is 4.79 Å². The van der Waals surface area contributed by atoms with E-state index in [0.29, 0.717) is 16.5 Å². The van der Waals surface area contributed by atoms with Crippen LogP contribution in [0.2, 0.25) is 0 Å². The Hall–Kier alpha value is -1.88. The average molecular weight is 429 g/mol. The first-order chi connectivity index (χ1) is 13.0. The molecule has 2 rings (SSSR count). The number of alkyl carbamates (subject to hydrolysis) is 1. The van der Waals surface area contributed by atoms with Crippen molar-refractivity contribution in [3.05, 3.63) is 5.82 Å². The number of fused-ring (bicyclic) bond motifs is 1. The number of aromatic nitrogens is 4. The maximum absolute atomic E-state index is 12.3. The van der Waals surface area contributed by atoms with Gasteiger partial charge in [0.2, 0.25) is 10.9 Å². The zero-order chi connectivity index (χ0) is 21.1. The Kier molecular flexibility index (Phi) is 7.27. The van der Waals surface area contributed by atoms with Gasteiger partial charge < -0.3 is 15.0 Å². The van der Waals surface area contributed by atoms with Crippen molar-refractivity contribution < 1.29 is 14.3 Å². The molecule has 156 valence electrons. The summed E-state index contributed by atoms with van der Waals surface area (Å²) in [5, 5.41) is 15.9. The predicted octanol–water partition coefficient (Wildman–Crippen LogP) is 2.98. The van der Waals surface area contributed by atoms with Crippen molar-refractivity contribution >= 4 is 40.1 Å². The van der Waals surface area contributed by atoms with Crippen molar-refractivity contribution in [2.24, 2.45) is 5.92 Å². The molecule has 11 heteroatoms. The third-order valence-corrected chi connectivity index (χ3v) is 5.99. The van der Waals surface area contributed by atoms with Crippen molar-refractivity contribution in [3.8, 4) is 0 Å². The molecule has 0 radical (unpaired) electrons. The molecular weight excluding hydrogens is 400 g/mol. The normalized spacial score (nSPS) is 14.0.